The van der Waals surface area contributed by atoms with Crippen LogP contribution in [0, 0.1) is 11.6 Å². The molecule has 4 rings (SSSR count). The Balaban J connectivity index is 1.62. The van der Waals surface area contributed by atoms with Crippen molar-refractivity contribution in [1.82, 2.24) is 14.9 Å². The number of nitrogens with zero attached hydrogens (tertiary/aromatic N) is 3. The molecule has 1 saturated heterocycles. The maximum atomic E-state index is 14.4. The molecule has 1 amide bonds. The van der Waals surface area contributed by atoms with E-state index in [1.165, 1.54) is 25.6 Å². The molecule has 1 aliphatic rings. The van der Waals surface area contributed by atoms with Gasteiger partial charge in [0.05, 0.1) is 31.4 Å². The highest BCUT2D eigenvalue weighted by molar-refractivity contribution is 6.31. The van der Waals surface area contributed by atoms with Gasteiger partial charge in [0.15, 0.2) is 17.3 Å². The molecule has 32 heavy (non-hydrogen) atoms. The summed E-state index contributed by atoms with van der Waals surface area (Å²) >= 11 is 11.1. The lowest BCUT2D eigenvalue weighted by Crippen LogP contribution is -2.55. The van der Waals surface area contributed by atoms with Crippen LogP contribution >= 0.6 is 23.2 Å². The second kappa shape index (κ2) is 9.13. The molecule has 2 aromatic carbocycles. The number of aromatic nitrogens is 2. The Morgan fingerprint density at radius 2 is 2.03 bits per heavy atom. The van der Waals surface area contributed by atoms with Gasteiger partial charge in [0.2, 0.25) is 5.91 Å². The quantitative estimate of drug-likeness (QED) is 0.408. The molecule has 2 heterocycles. The summed E-state index contributed by atoms with van der Waals surface area (Å²) in [5.74, 6) is -0.901. The van der Waals surface area contributed by atoms with Crippen LogP contribution in [-0.2, 0) is 4.79 Å². The Bertz CT molecular complexity index is 1220. The molecule has 1 N–H and O–H groups in total. The summed E-state index contributed by atoms with van der Waals surface area (Å²) in [6, 6.07) is 5.59. The average molecular weight is 481 g/mol. The van der Waals surface area contributed by atoms with Gasteiger partial charge in [0, 0.05) is 23.1 Å². The molecular weight excluding hydrogens is 465 g/mol. The molecule has 7 nitrogen and oxygen atoms in total. The van der Waals surface area contributed by atoms with E-state index in [-0.39, 0.29) is 23.5 Å². The van der Waals surface area contributed by atoms with E-state index < -0.39 is 16.7 Å². The van der Waals surface area contributed by atoms with Crippen molar-refractivity contribution in [3.63, 3.8) is 0 Å². The summed E-state index contributed by atoms with van der Waals surface area (Å²) in [6.07, 6.45) is 2.32. The van der Waals surface area contributed by atoms with E-state index in [0.717, 1.165) is 11.6 Å². The van der Waals surface area contributed by atoms with E-state index in [9.17, 15) is 13.6 Å². The standard InChI is InChI=1S/C21H16Cl2F2N4O3/c1-31-16-7-15-12(6-17(16)32-11-8-29(9-11)18(30)4-5-22)21(27-10-26-15)28-14-3-2-13(24)19(23)20(14)25/h2-7,10-11H,8-9H2,1H3,(H,26,27,28)/b5-4+. The summed E-state index contributed by atoms with van der Waals surface area (Å²) in [5, 5.41) is 2.71. The third-order valence-corrected chi connectivity index (χ3v) is 5.34. The monoisotopic (exact) mass is 480 g/mol. The van der Waals surface area contributed by atoms with Gasteiger partial charge in [-0.3, -0.25) is 4.79 Å². The molecular formula is C21H16Cl2F2N4O3. The summed E-state index contributed by atoms with van der Waals surface area (Å²) in [7, 11) is 1.49. The summed E-state index contributed by atoms with van der Waals surface area (Å²) in [6.45, 7) is 0.772. The third-order valence-electron chi connectivity index (χ3n) is 4.87. The van der Waals surface area contributed by atoms with Crippen molar-refractivity contribution >= 4 is 51.5 Å². The maximum absolute atomic E-state index is 14.4. The SMILES string of the molecule is COc1cc2ncnc(Nc3ccc(F)c(Cl)c3F)c2cc1OC1CN(C(=O)/C=C/Cl)C1. The number of hydrogen-bond acceptors (Lipinski definition) is 6. The van der Waals surface area contributed by atoms with Crippen molar-refractivity contribution < 1.29 is 23.0 Å². The van der Waals surface area contributed by atoms with Gasteiger partial charge in [-0.05, 0) is 18.2 Å². The smallest absolute Gasteiger partial charge is 0.247 e. The highest BCUT2D eigenvalue weighted by Gasteiger charge is 2.32. The fourth-order valence-electron chi connectivity index (χ4n) is 3.20. The average Bonchev–Trinajstić information content (AvgIpc) is 2.76. The molecule has 11 heteroatoms. The van der Waals surface area contributed by atoms with Gasteiger partial charge < -0.3 is 19.7 Å². The van der Waals surface area contributed by atoms with Gasteiger partial charge in [0.25, 0.3) is 0 Å². The summed E-state index contributed by atoms with van der Waals surface area (Å²) < 4.78 is 39.2. The fourth-order valence-corrected chi connectivity index (χ4v) is 3.47. The number of carbonyl (C=O) groups is 1. The van der Waals surface area contributed by atoms with Gasteiger partial charge in [-0.15, -0.1) is 0 Å². The molecule has 0 saturated carbocycles. The van der Waals surface area contributed by atoms with Crippen LogP contribution in [0.3, 0.4) is 0 Å². The lowest BCUT2D eigenvalue weighted by atomic mass is 10.1. The molecule has 1 aromatic heterocycles. The van der Waals surface area contributed by atoms with Crippen LogP contribution in [0.4, 0.5) is 20.3 Å². The van der Waals surface area contributed by atoms with E-state index in [2.05, 4.69) is 15.3 Å². The normalized spacial score (nSPS) is 14.0. The number of rotatable bonds is 6. The molecule has 1 aliphatic heterocycles. The number of fused-ring (bicyclic) bond motifs is 1. The number of carbonyl (C=O) groups excluding carboxylic acids is 1. The number of likely N-dealkylation sites (tertiary alicyclic amines) is 1. The van der Waals surface area contributed by atoms with Crippen molar-refractivity contribution in [2.45, 2.75) is 6.10 Å². The van der Waals surface area contributed by atoms with E-state index in [1.807, 2.05) is 0 Å². The molecule has 0 radical (unpaired) electrons. The molecule has 0 bridgehead atoms. The minimum atomic E-state index is -0.936. The fraction of sp³-hybridized carbons (Fsp3) is 0.190. The summed E-state index contributed by atoms with van der Waals surface area (Å²) in [5.41, 5.74) is 1.63. The Kier molecular flexibility index (Phi) is 6.29. The zero-order chi connectivity index (χ0) is 22.8. The Hall–Kier alpha value is -3.17. The largest absolute Gasteiger partial charge is 0.493 e. The highest BCUT2D eigenvalue weighted by atomic mass is 35.5. The number of methoxy groups -OCH3 is 1. The van der Waals surface area contributed by atoms with Gasteiger partial charge in [-0.2, -0.15) is 0 Å². The number of anilines is 2. The predicted molar refractivity (Wildman–Crippen MR) is 117 cm³/mol. The Labute approximate surface area is 191 Å². The number of hydrogen-bond donors (Lipinski definition) is 1. The van der Waals surface area contributed by atoms with Crippen LogP contribution in [0.15, 0.2) is 42.2 Å². The van der Waals surface area contributed by atoms with Crippen LogP contribution in [-0.4, -0.2) is 47.1 Å². The Morgan fingerprint density at radius 3 is 2.75 bits per heavy atom. The van der Waals surface area contributed by atoms with E-state index in [1.54, 1.807) is 17.0 Å². The molecule has 0 unspecified atom stereocenters. The van der Waals surface area contributed by atoms with Gasteiger partial charge in [-0.25, -0.2) is 18.7 Å². The van der Waals surface area contributed by atoms with Crippen molar-refractivity contribution in [3.8, 4) is 11.5 Å². The van der Waals surface area contributed by atoms with Crippen LogP contribution in [0.5, 0.6) is 11.5 Å². The van der Waals surface area contributed by atoms with Crippen molar-refractivity contribution in [2.24, 2.45) is 0 Å². The molecule has 166 valence electrons. The van der Waals surface area contributed by atoms with Crippen LogP contribution in [0.1, 0.15) is 0 Å². The Morgan fingerprint density at radius 1 is 1.25 bits per heavy atom. The van der Waals surface area contributed by atoms with Crippen LogP contribution < -0.4 is 14.8 Å². The second-order valence-corrected chi connectivity index (χ2v) is 7.50. The highest BCUT2D eigenvalue weighted by Crippen LogP contribution is 2.37. The molecule has 1 fully saturated rings. The zero-order valence-electron chi connectivity index (χ0n) is 16.6. The first-order valence-corrected chi connectivity index (χ1v) is 10.2. The van der Waals surface area contributed by atoms with E-state index in [0.29, 0.717) is 35.5 Å². The molecule has 0 spiro atoms. The first-order valence-electron chi connectivity index (χ1n) is 9.37. The number of ether oxygens (including phenoxy) is 2. The lowest BCUT2D eigenvalue weighted by molar-refractivity contribution is -0.134. The van der Waals surface area contributed by atoms with Crippen LogP contribution in [0.25, 0.3) is 10.9 Å². The zero-order valence-corrected chi connectivity index (χ0v) is 18.1. The maximum Gasteiger partial charge on any atom is 0.247 e. The van der Waals surface area contributed by atoms with Gasteiger partial charge in [0.1, 0.15) is 29.1 Å². The number of nitrogens with one attached hydrogen (secondary N) is 1. The van der Waals surface area contributed by atoms with Gasteiger partial charge >= 0.3 is 0 Å². The third kappa shape index (κ3) is 4.26. The van der Waals surface area contributed by atoms with Crippen LogP contribution in [0.2, 0.25) is 5.02 Å². The van der Waals surface area contributed by atoms with Crippen molar-refractivity contribution in [2.75, 3.05) is 25.5 Å². The summed E-state index contributed by atoms with van der Waals surface area (Å²) in [4.78, 5) is 21.8. The molecule has 0 aliphatic carbocycles. The van der Waals surface area contributed by atoms with E-state index in [4.69, 9.17) is 32.7 Å². The van der Waals surface area contributed by atoms with Crippen molar-refractivity contribution in [3.05, 3.63) is 58.9 Å². The number of benzene rings is 2. The molecule has 0 atom stereocenters. The first kappa shape index (κ1) is 22.0. The second-order valence-electron chi connectivity index (χ2n) is 6.87. The molecule has 3 aromatic rings. The van der Waals surface area contributed by atoms with Gasteiger partial charge in [-0.1, -0.05) is 23.2 Å². The predicted octanol–water partition coefficient (Wildman–Crippen LogP) is 4.66. The first-order chi connectivity index (χ1) is 15.4. The lowest BCUT2D eigenvalue weighted by Gasteiger charge is -2.38. The van der Waals surface area contributed by atoms with Crippen molar-refractivity contribution in [1.29, 1.82) is 0 Å². The minimum Gasteiger partial charge on any atom is -0.493 e. The topological polar surface area (TPSA) is 76.6 Å². The number of halogens is 4. The number of amides is 1. The van der Waals surface area contributed by atoms with E-state index >= 15 is 0 Å². The minimum absolute atomic E-state index is 0.0461.